The van der Waals surface area contributed by atoms with E-state index in [2.05, 4.69) is 22.2 Å². The van der Waals surface area contributed by atoms with Gasteiger partial charge in [-0.05, 0) is 30.7 Å². The van der Waals surface area contributed by atoms with Crippen molar-refractivity contribution in [1.82, 2.24) is 10.0 Å². The number of fused-ring (bicyclic) bond motifs is 1. The zero-order valence-corrected chi connectivity index (χ0v) is 13.4. The first-order chi connectivity index (χ1) is 10.1. The molecular formula is C15H18N2O2S2. The van der Waals surface area contributed by atoms with Crippen LogP contribution in [0.2, 0.25) is 0 Å². The highest BCUT2D eigenvalue weighted by Gasteiger charge is 2.27. The Bertz CT molecular complexity index is 738. The van der Waals surface area contributed by atoms with Crippen molar-refractivity contribution >= 4 is 21.4 Å². The van der Waals surface area contributed by atoms with E-state index in [0.29, 0.717) is 23.9 Å². The molecule has 6 heteroatoms. The molecule has 1 heterocycles. The molecule has 3 rings (SSSR count). The maximum atomic E-state index is 12.3. The second-order valence-corrected chi connectivity index (χ2v) is 7.99. The summed E-state index contributed by atoms with van der Waals surface area (Å²) in [5.74, 6) is 0.298. The van der Waals surface area contributed by atoms with Crippen LogP contribution in [-0.2, 0) is 23.0 Å². The molecule has 1 atom stereocenters. The van der Waals surface area contributed by atoms with E-state index in [1.165, 1.54) is 22.5 Å². The Kier molecular flexibility index (Phi) is 4.12. The number of nitrogens with one attached hydrogen (secondary N) is 2. The average Bonchev–Trinajstić information content (AvgIpc) is 2.90. The summed E-state index contributed by atoms with van der Waals surface area (Å²) < 4.78 is 27.3. The normalized spacial score (nSPS) is 17.3. The van der Waals surface area contributed by atoms with E-state index in [1.807, 2.05) is 19.2 Å². The Labute approximate surface area is 129 Å². The highest BCUT2D eigenvalue weighted by molar-refractivity contribution is 7.89. The fourth-order valence-electron chi connectivity index (χ4n) is 2.61. The SMILES string of the molecule is CNCc1cc(S(=O)(=O)NCC2Cc3ccccc32)cs1. The lowest BCUT2D eigenvalue weighted by molar-refractivity contribution is 0.552. The Morgan fingerprint density at radius 2 is 2.14 bits per heavy atom. The van der Waals surface area contributed by atoms with Crippen LogP contribution in [0.25, 0.3) is 0 Å². The molecule has 0 saturated carbocycles. The Morgan fingerprint density at radius 1 is 1.33 bits per heavy atom. The van der Waals surface area contributed by atoms with Crippen LogP contribution in [0.3, 0.4) is 0 Å². The summed E-state index contributed by atoms with van der Waals surface area (Å²) in [6.45, 7) is 1.16. The van der Waals surface area contributed by atoms with Crippen molar-refractivity contribution in [1.29, 1.82) is 0 Å². The zero-order chi connectivity index (χ0) is 14.9. The predicted molar refractivity (Wildman–Crippen MR) is 85.2 cm³/mol. The third kappa shape index (κ3) is 3.03. The third-order valence-electron chi connectivity index (χ3n) is 3.77. The summed E-state index contributed by atoms with van der Waals surface area (Å²) in [5, 5.41) is 4.72. The molecule has 2 aromatic rings. The minimum Gasteiger partial charge on any atom is -0.315 e. The molecule has 0 spiro atoms. The number of rotatable bonds is 6. The maximum Gasteiger partial charge on any atom is 0.241 e. The van der Waals surface area contributed by atoms with Gasteiger partial charge in [0.2, 0.25) is 10.0 Å². The van der Waals surface area contributed by atoms with Gasteiger partial charge in [-0.25, -0.2) is 13.1 Å². The fourth-order valence-corrected chi connectivity index (χ4v) is 4.98. The highest BCUT2D eigenvalue weighted by atomic mass is 32.2. The van der Waals surface area contributed by atoms with Crippen molar-refractivity contribution in [3.63, 3.8) is 0 Å². The molecule has 1 aromatic carbocycles. The van der Waals surface area contributed by atoms with Crippen molar-refractivity contribution in [3.8, 4) is 0 Å². The van der Waals surface area contributed by atoms with Gasteiger partial charge in [0.1, 0.15) is 0 Å². The minimum atomic E-state index is -3.40. The maximum absolute atomic E-state index is 12.3. The minimum absolute atomic E-state index is 0.298. The van der Waals surface area contributed by atoms with E-state index < -0.39 is 10.0 Å². The highest BCUT2D eigenvalue weighted by Crippen LogP contribution is 2.34. The average molecular weight is 322 g/mol. The van der Waals surface area contributed by atoms with E-state index in [-0.39, 0.29) is 0 Å². The van der Waals surface area contributed by atoms with Gasteiger partial charge in [-0.1, -0.05) is 24.3 Å². The molecule has 0 radical (unpaired) electrons. The van der Waals surface area contributed by atoms with Crippen molar-refractivity contribution < 1.29 is 8.42 Å². The first-order valence-corrected chi connectivity index (χ1v) is 9.26. The van der Waals surface area contributed by atoms with Crippen molar-refractivity contribution in [3.05, 3.63) is 51.7 Å². The molecule has 2 N–H and O–H groups in total. The van der Waals surface area contributed by atoms with Crippen LogP contribution in [0.5, 0.6) is 0 Å². The lowest BCUT2D eigenvalue weighted by Crippen LogP contribution is -2.33. The van der Waals surface area contributed by atoms with Gasteiger partial charge in [-0.3, -0.25) is 0 Å². The summed E-state index contributed by atoms with van der Waals surface area (Å²) in [4.78, 5) is 1.39. The smallest absolute Gasteiger partial charge is 0.241 e. The summed E-state index contributed by atoms with van der Waals surface area (Å²) in [7, 11) is -1.55. The van der Waals surface area contributed by atoms with Crippen LogP contribution in [0.15, 0.2) is 40.6 Å². The summed E-state index contributed by atoms with van der Waals surface area (Å²) in [6.07, 6.45) is 0.952. The third-order valence-corrected chi connectivity index (χ3v) is 6.26. The van der Waals surface area contributed by atoms with Crippen LogP contribution >= 0.6 is 11.3 Å². The molecule has 1 aliphatic rings. The van der Waals surface area contributed by atoms with Gasteiger partial charge < -0.3 is 5.32 Å². The Balaban J connectivity index is 1.64. The second-order valence-electron chi connectivity index (χ2n) is 5.23. The number of hydrogen-bond acceptors (Lipinski definition) is 4. The standard InChI is InChI=1S/C15H18N2O2S2/c1-16-9-13-7-14(10-20-13)21(18,19)17-8-12-6-11-4-2-3-5-15(11)12/h2-5,7,10,12,16-17H,6,8-9H2,1H3. The summed E-state index contributed by atoms with van der Waals surface area (Å²) >= 11 is 1.46. The Morgan fingerprint density at radius 3 is 2.90 bits per heavy atom. The summed E-state index contributed by atoms with van der Waals surface area (Å²) in [6, 6.07) is 9.94. The molecule has 4 nitrogen and oxygen atoms in total. The number of thiophene rings is 1. The van der Waals surface area contributed by atoms with Gasteiger partial charge in [0.05, 0.1) is 4.90 Å². The number of hydrogen-bond donors (Lipinski definition) is 2. The first kappa shape index (κ1) is 14.7. The lowest BCUT2D eigenvalue weighted by Gasteiger charge is -2.30. The van der Waals surface area contributed by atoms with Gasteiger partial charge >= 0.3 is 0 Å². The van der Waals surface area contributed by atoms with Crippen molar-refractivity contribution in [2.45, 2.75) is 23.8 Å². The number of benzene rings is 1. The van der Waals surface area contributed by atoms with Crippen LogP contribution in [0.4, 0.5) is 0 Å². The monoisotopic (exact) mass is 322 g/mol. The molecule has 0 bridgehead atoms. The molecule has 0 amide bonds. The first-order valence-electron chi connectivity index (χ1n) is 6.89. The van der Waals surface area contributed by atoms with E-state index in [9.17, 15) is 8.42 Å². The molecule has 0 aliphatic heterocycles. The second kappa shape index (κ2) is 5.88. The van der Waals surface area contributed by atoms with Gasteiger partial charge in [0, 0.05) is 29.3 Å². The van der Waals surface area contributed by atoms with Crippen molar-refractivity contribution in [2.24, 2.45) is 0 Å². The van der Waals surface area contributed by atoms with Crippen molar-refractivity contribution in [2.75, 3.05) is 13.6 Å². The lowest BCUT2D eigenvalue weighted by atomic mass is 9.78. The van der Waals surface area contributed by atoms with Gasteiger partial charge in [-0.2, -0.15) is 0 Å². The van der Waals surface area contributed by atoms with Gasteiger partial charge in [-0.15, -0.1) is 11.3 Å². The number of sulfonamides is 1. The van der Waals surface area contributed by atoms with E-state index in [0.717, 1.165) is 11.3 Å². The van der Waals surface area contributed by atoms with Gasteiger partial charge in [0.15, 0.2) is 0 Å². The largest absolute Gasteiger partial charge is 0.315 e. The van der Waals surface area contributed by atoms with Crippen LogP contribution in [0.1, 0.15) is 21.9 Å². The van der Waals surface area contributed by atoms with Gasteiger partial charge in [0.25, 0.3) is 0 Å². The fraction of sp³-hybridized carbons (Fsp3) is 0.333. The molecule has 1 aromatic heterocycles. The molecule has 112 valence electrons. The molecule has 0 saturated heterocycles. The molecular weight excluding hydrogens is 304 g/mol. The zero-order valence-electron chi connectivity index (χ0n) is 11.8. The molecule has 0 fully saturated rings. The predicted octanol–water partition coefficient (Wildman–Crippen LogP) is 2.09. The Hall–Kier alpha value is -1.21. The topological polar surface area (TPSA) is 58.2 Å². The van der Waals surface area contributed by atoms with Crippen LogP contribution in [-0.4, -0.2) is 22.0 Å². The quantitative estimate of drug-likeness (QED) is 0.856. The van der Waals surface area contributed by atoms with Crippen LogP contribution in [0, 0.1) is 0 Å². The van der Waals surface area contributed by atoms with E-state index in [4.69, 9.17) is 0 Å². The van der Waals surface area contributed by atoms with Crippen LogP contribution < -0.4 is 10.0 Å². The van der Waals surface area contributed by atoms with E-state index in [1.54, 1.807) is 11.4 Å². The molecule has 1 aliphatic carbocycles. The molecule has 21 heavy (non-hydrogen) atoms. The summed E-state index contributed by atoms with van der Waals surface area (Å²) in [5.41, 5.74) is 2.59. The van der Waals surface area contributed by atoms with E-state index >= 15 is 0 Å². The molecule has 1 unspecified atom stereocenters.